The molecule has 0 saturated carbocycles. The van der Waals surface area contributed by atoms with Crippen LogP contribution >= 0.6 is 0 Å². The average Bonchev–Trinajstić information content (AvgIpc) is 2.47. The van der Waals surface area contributed by atoms with Crippen molar-refractivity contribution in [1.29, 1.82) is 0 Å². The van der Waals surface area contributed by atoms with Crippen LogP contribution in [0.15, 0.2) is 44.4 Å². The van der Waals surface area contributed by atoms with E-state index in [1.807, 2.05) is 4.98 Å². The van der Waals surface area contributed by atoms with E-state index in [0.717, 1.165) is 4.74 Å². The highest BCUT2D eigenvalue weighted by molar-refractivity contribution is 5.28. The minimum absolute atomic E-state index is 0.519. The molecule has 1 aromatic heterocycles. The second-order valence-electron chi connectivity index (χ2n) is 2.44. The maximum absolute atomic E-state index is 11.1. The SMILES string of the molecule is O=c1[nH]c(=O)n(-c2ccccc2)o1. The molecule has 0 aliphatic rings. The molecule has 0 fully saturated rings. The molecule has 0 spiro atoms. The third-order valence-corrected chi connectivity index (χ3v) is 1.56. The molecule has 0 amide bonds. The van der Waals surface area contributed by atoms with Gasteiger partial charge in [-0.2, -0.15) is 0 Å². The first-order valence-electron chi connectivity index (χ1n) is 3.65. The van der Waals surface area contributed by atoms with Crippen LogP contribution < -0.4 is 11.4 Å². The maximum atomic E-state index is 11.1. The molecule has 66 valence electrons. The monoisotopic (exact) mass is 178 g/mol. The van der Waals surface area contributed by atoms with Gasteiger partial charge in [-0.05, 0) is 12.1 Å². The molecule has 2 aromatic rings. The van der Waals surface area contributed by atoms with Crippen LogP contribution in [-0.2, 0) is 0 Å². The highest BCUT2D eigenvalue weighted by atomic mass is 16.5. The molecule has 1 N–H and O–H groups in total. The Bertz CT molecular complexity index is 506. The zero-order chi connectivity index (χ0) is 9.26. The van der Waals surface area contributed by atoms with Gasteiger partial charge in [0.05, 0.1) is 5.69 Å². The van der Waals surface area contributed by atoms with Crippen molar-refractivity contribution in [2.24, 2.45) is 0 Å². The third kappa shape index (κ3) is 1.31. The number of nitrogens with zero attached hydrogens (tertiary/aromatic N) is 1. The van der Waals surface area contributed by atoms with E-state index in [2.05, 4.69) is 4.52 Å². The summed E-state index contributed by atoms with van der Waals surface area (Å²) >= 11 is 0. The molecule has 1 aromatic carbocycles. The fraction of sp³-hybridized carbons (Fsp3) is 0. The normalized spacial score (nSPS) is 10.2. The van der Waals surface area contributed by atoms with Crippen molar-refractivity contribution in [3.05, 3.63) is 51.4 Å². The minimum atomic E-state index is -0.756. The summed E-state index contributed by atoms with van der Waals surface area (Å²) in [5.41, 5.74) is -0.0537. The van der Waals surface area contributed by atoms with Crippen molar-refractivity contribution < 1.29 is 4.52 Å². The largest absolute Gasteiger partial charge is 0.440 e. The predicted molar refractivity (Wildman–Crippen MR) is 44.9 cm³/mol. The molecule has 13 heavy (non-hydrogen) atoms. The summed E-state index contributed by atoms with van der Waals surface area (Å²) in [7, 11) is 0. The summed E-state index contributed by atoms with van der Waals surface area (Å²) in [6, 6.07) is 8.62. The van der Waals surface area contributed by atoms with Gasteiger partial charge in [-0.3, -0.25) is 0 Å². The number of aromatic nitrogens is 2. The number of rotatable bonds is 1. The second-order valence-corrected chi connectivity index (χ2v) is 2.44. The van der Waals surface area contributed by atoms with E-state index in [1.165, 1.54) is 0 Å². The fourth-order valence-electron chi connectivity index (χ4n) is 1.02. The number of benzene rings is 1. The van der Waals surface area contributed by atoms with E-state index < -0.39 is 11.4 Å². The Morgan fingerprint density at radius 2 is 1.85 bits per heavy atom. The van der Waals surface area contributed by atoms with E-state index in [9.17, 15) is 9.59 Å². The van der Waals surface area contributed by atoms with E-state index in [4.69, 9.17) is 0 Å². The van der Waals surface area contributed by atoms with Gasteiger partial charge in [0.15, 0.2) is 0 Å². The van der Waals surface area contributed by atoms with Crippen LogP contribution in [0.25, 0.3) is 5.69 Å². The van der Waals surface area contributed by atoms with E-state index in [1.54, 1.807) is 30.3 Å². The lowest BCUT2D eigenvalue weighted by molar-refractivity contribution is 0.315. The van der Waals surface area contributed by atoms with Crippen LogP contribution in [-0.4, -0.2) is 9.72 Å². The summed E-state index contributed by atoms with van der Waals surface area (Å²) in [6.45, 7) is 0. The van der Waals surface area contributed by atoms with E-state index in [-0.39, 0.29) is 0 Å². The number of H-pyrrole nitrogens is 1. The minimum Gasteiger partial charge on any atom is -0.312 e. The fourth-order valence-corrected chi connectivity index (χ4v) is 1.02. The Labute approximate surface area is 72.2 Å². The van der Waals surface area contributed by atoms with Crippen LogP contribution in [0, 0.1) is 0 Å². The second kappa shape index (κ2) is 2.78. The van der Waals surface area contributed by atoms with Gasteiger partial charge in [0.2, 0.25) is 0 Å². The Morgan fingerprint density at radius 1 is 1.15 bits per heavy atom. The van der Waals surface area contributed by atoms with Crippen LogP contribution in [0.4, 0.5) is 0 Å². The summed E-state index contributed by atoms with van der Waals surface area (Å²) < 4.78 is 5.50. The van der Waals surface area contributed by atoms with Crippen molar-refractivity contribution in [2.75, 3.05) is 0 Å². The topological polar surface area (TPSA) is 68.0 Å². The number of aromatic amines is 1. The number of hydrogen-bond donors (Lipinski definition) is 1. The molecule has 5 heteroatoms. The molecule has 0 bridgehead atoms. The highest BCUT2D eigenvalue weighted by Crippen LogP contribution is 2.00. The highest BCUT2D eigenvalue weighted by Gasteiger charge is 2.03. The standard InChI is InChI=1S/C8H6N2O3/c11-7-9-8(12)13-10(7)6-4-2-1-3-5-6/h1-5H,(H,9,11,12). The van der Waals surface area contributed by atoms with Crippen LogP contribution in [0.1, 0.15) is 0 Å². The Hall–Kier alpha value is -2.04. The quantitative estimate of drug-likeness (QED) is 0.674. The van der Waals surface area contributed by atoms with Gasteiger partial charge in [-0.25, -0.2) is 14.6 Å². The van der Waals surface area contributed by atoms with Crippen molar-refractivity contribution in [1.82, 2.24) is 9.72 Å². The van der Waals surface area contributed by atoms with E-state index >= 15 is 0 Å². The van der Waals surface area contributed by atoms with Crippen LogP contribution in [0.3, 0.4) is 0 Å². The summed E-state index contributed by atoms with van der Waals surface area (Å²) in [5.74, 6) is -0.756. The van der Waals surface area contributed by atoms with Crippen LogP contribution in [0.2, 0.25) is 0 Å². The first kappa shape index (κ1) is 7.60. The first-order valence-corrected chi connectivity index (χ1v) is 3.65. The number of para-hydroxylation sites is 1. The van der Waals surface area contributed by atoms with Crippen LogP contribution in [0.5, 0.6) is 0 Å². The zero-order valence-electron chi connectivity index (χ0n) is 6.56. The molecule has 1 heterocycles. The lowest BCUT2D eigenvalue weighted by Crippen LogP contribution is -2.14. The van der Waals surface area contributed by atoms with Crippen molar-refractivity contribution in [2.45, 2.75) is 0 Å². The Balaban J connectivity index is 2.66. The van der Waals surface area contributed by atoms with Crippen molar-refractivity contribution in [3.8, 4) is 5.69 Å². The molecule has 5 nitrogen and oxygen atoms in total. The van der Waals surface area contributed by atoms with Gasteiger partial charge in [0.25, 0.3) is 0 Å². The lowest BCUT2D eigenvalue weighted by Gasteiger charge is -1.94. The molecule has 0 aliphatic carbocycles. The van der Waals surface area contributed by atoms with Crippen molar-refractivity contribution >= 4 is 0 Å². The van der Waals surface area contributed by atoms with Gasteiger partial charge >= 0.3 is 11.4 Å². The molecular weight excluding hydrogens is 172 g/mol. The molecule has 0 unspecified atom stereocenters. The molecule has 0 radical (unpaired) electrons. The molecular formula is C8H6N2O3. The maximum Gasteiger partial charge on any atom is 0.440 e. The summed E-state index contributed by atoms with van der Waals surface area (Å²) in [4.78, 5) is 23.7. The third-order valence-electron chi connectivity index (χ3n) is 1.56. The van der Waals surface area contributed by atoms with Gasteiger partial charge < -0.3 is 4.52 Å². The van der Waals surface area contributed by atoms with Gasteiger partial charge in [-0.1, -0.05) is 18.2 Å². The Kier molecular flexibility index (Phi) is 1.63. The summed E-state index contributed by atoms with van der Waals surface area (Å²) in [5, 5.41) is 0. The number of nitrogens with one attached hydrogen (secondary N) is 1. The smallest absolute Gasteiger partial charge is 0.312 e. The zero-order valence-corrected chi connectivity index (χ0v) is 6.56. The first-order chi connectivity index (χ1) is 6.27. The van der Waals surface area contributed by atoms with Crippen molar-refractivity contribution in [3.63, 3.8) is 0 Å². The predicted octanol–water partition coefficient (Wildman–Crippen LogP) is 0.119. The molecule has 0 atom stereocenters. The average molecular weight is 178 g/mol. The van der Waals surface area contributed by atoms with Gasteiger partial charge in [-0.15, -0.1) is 4.74 Å². The summed E-state index contributed by atoms with van der Waals surface area (Å²) in [6.07, 6.45) is 0. The van der Waals surface area contributed by atoms with E-state index in [0.29, 0.717) is 5.69 Å². The number of hydrogen-bond acceptors (Lipinski definition) is 3. The molecule has 2 rings (SSSR count). The van der Waals surface area contributed by atoms with Gasteiger partial charge in [0.1, 0.15) is 0 Å². The Morgan fingerprint density at radius 3 is 2.38 bits per heavy atom. The molecule has 0 saturated heterocycles. The molecule has 0 aliphatic heterocycles. The van der Waals surface area contributed by atoms with Gasteiger partial charge in [0, 0.05) is 0 Å². The lowest BCUT2D eigenvalue weighted by atomic mass is 10.3.